The van der Waals surface area contributed by atoms with E-state index in [1.54, 1.807) is 13.0 Å². The van der Waals surface area contributed by atoms with E-state index in [2.05, 4.69) is 11.4 Å². The van der Waals surface area contributed by atoms with Crippen LogP contribution in [0, 0.1) is 11.3 Å². The van der Waals surface area contributed by atoms with Crippen LogP contribution >= 0.6 is 11.6 Å². The smallest absolute Gasteiger partial charge is 0.211 e. The minimum Gasteiger partial charge on any atom is -0.493 e. The van der Waals surface area contributed by atoms with E-state index in [9.17, 15) is 10.1 Å². The van der Waals surface area contributed by atoms with Crippen LogP contribution in [0.25, 0.3) is 22.2 Å². The van der Waals surface area contributed by atoms with Crippen LogP contribution in [0.5, 0.6) is 5.75 Å². The Bertz CT molecular complexity index is 1010. The average molecular weight is 414 g/mol. The van der Waals surface area contributed by atoms with E-state index in [0.717, 1.165) is 34.3 Å². The standard InChI is InChI=1S/C20H18ClN3O2.C2H6O/c1-24-19-11-16(26-9-3-8-21)6-7-17(19)18(12-22)20(24)14-4-2-5-15(10-14)23-13-25;1-2-3/h2,4-7,10-11,13H,3,8-9H2,1H3,(H,23,25);3H,2H2,1H3. The summed E-state index contributed by atoms with van der Waals surface area (Å²) in [5.74, 6) is 1.30. The molecule has 6 nitrogen and oxygen atoms in total. The lowest BCUT2D eigenvalue weighted by Gasteiger charge is -2.08. The summed E-state index contributed by atoms with van der Waals surface area (Å²) in [5, 5.41) is 20.8. The molecular weight excluding hydrogens is 390 g/mol. The third-order valence-electron chi connectivity index (χ3n) is 4.19. The molecule has 1 heterocycles. The number of carbonyl (C=O) groups is 1. The first-order chi connectivity index (χ1) is 14.1. The number of hydrogen-bond donors (Lipinski definition) is 2. The summed E-state index contributed by atoms with van der Waals surface area (Å²) in [4.78, 5) is 10.7. The third kappa shape index (κ3) is 5.29. The Morgan fingerprint density at radius 3 is 2.72 bits per heavy atom. The Morgan fingerprint density at radius 1 is 1.31 bits per heavy atom. The number of nitrogens with zero attached hydrogens (tertiary/aromatic N) is 2. The van der Waals surface area contributed by atoms with Gasteiger partial charge in [-0.25, -0.2) is 0 Å². The van der Waals surface area contributed by atoms with Crippen LogP contribution in [0.4, 0.5) is 5.69 Å². The van der Waals surface area contributed by atoms with Gasteiger partial charge in [0.2, 0.25) is 6.41 Å². The summed E-state index contributed by atoms with van der Waals surface area (Å²) in [6.07, 6.45) is 1.41. The van der Waals surface area contributed by atoms with Crippen molar-refractivity contribution in [2.75, 3.05) is 24.4 Å². The molecule has 3 aromatic rings. The highest BCUT2D eigenvalue weighted by Crippen LogP contribution is 2.35. The number of aliphatic hydroxyl groups excluding tert-OH is 1. The van der Waals surface area contributed by atoms with Gasteiger partial charge in [-0.1, -0.05) is 12.1 Å². The number of aromatic nitrogens is 1. The molecule has 3 rings (SSSR count). The van der Waals surface area contributed by atoms with Gasteiger partial charge in [-0.3, -0.25) is 4.79 Å². The molecule has 0 saturated carbocycles. The molecule has 0 spiro atoms. The van der Waals surface area contributed by atoms with Gasteiger partial charge in [0.25, 0.3) is 0 Å². The van der Waals surface area contributed by atoms with Crippen LogP contribution in [-0.4, -0.2) is 35.2 Å². The van der Waals surface area contributed by atoms with Crippen molar-refractivity contribution in [2.24, 2.45) is 7.05 Å². The number of rotatable bonds is 7. The number of carbonyl (C=O) groups excluding carboxylic acids is 1. The van der Waals surface area contributed by atoms with Gasteiger partial charge in [-0.2, -0.15) is 5.26 Å². The fraction of sp³-hybridized carbons (Fsp3) is 0.273. The molecule has 0 radical (unpaired) electrons. The van der Waals surface area contributed by atoms with E-state index in [-0.39, 0.29) is 6.61 Å². The van der Waals surface area contributed by atoms with Gasteiger partial charge in [-0.15, -0.1) is 11.6 Å². The highest BCUT2D eigenvalue weighted by molar-refractivity contribution is 6.17. The first-order valence-electron chi connectivity index (χ1n) is 9.24. The summed E-state index contributed by atoms with van der Waals surface area (Å²) in [5.41, 5.74) is 3.84. The van der Waals surface area contributed by atoms with E-state index in [4.69, 9.17) is 21.4 Å². The molecule has 0 aliphatic rings. The lowest BCUT2D eigenvalue weighted by atomic mass is 10.1. The van der Waals surface area contributed by atoms with Crippen LogP contribution in [-0.2, 0) is 11.8 Å². The van der Waals surface area contributed by atoms with Crippen molar-refractivity contribution in [1.29, 1.82) is 5.26 Å². The number of ether oxygens (including phenoxy) is 1. The molecule has 0 fully saturated rings. The molecule has 152 valence electrons. The zero-order valence-electron chi connectivity index (χ0n) is 16.5. The lowest BCUT2D eigenvalue weighted by molar-refractivity contribution is -0.105. The van der Waals surface area contributed by atoms with Gasteiger partial charge in [0.05, 0.1) is 23.4 Å². The van der Waals surface area contributed by atoms with E-state index in [1.807, 2.05) is 48.0 Å². The maximum absolute atomic E-state index is 10.7. The number of alkyl halides is 1. The number of amides is 1. The summed E-state index contributed by atoms with van der Waals surface area (Å²) < 4.78 is 7.69. The second-order valence-electron chi connectivity index (χ2n) is 6.12. The molecule has 0 bridgehead atoms. The number of anilines is 1. The van der Waals surface area contributed by atoms with E-state index in [0.29, 0.717) is 30.1 Å². The fourth-order valence-electron chi connectivity index (χ4n) is 3.03. The maximum atomic E-state index is 10.7. The number of hydrogen-bond acceptors (Lipinski definition) is 4. The van der Waals surface area contributed by atoms with Crippen molar-refractivity contribution in [3.8, 4) is 23.1 Å². The lowest BCUT2D eigenvalue weighted by Crippen LogP contribution is -1.98. The number of benzene rings is 2. The average Bonchev–Trinajstić information content (AvgIpc) is 3.01. The van der Waals surface area contributed by atoms with Crippen LogP contribution in [0.15, 0.2) is 42.5 Å². The van der Waals surface area contributed by atoms with Crippen LogP contribution < -0.4 is 10.1 Å². The Hall–Kier alpha value is -3.01. The predicted octanol–water partition coefficient (Wildman–Crippen LogP) is 4.29. The van der Waals surface area contributed by atoms with Crippen LogP contribution in [0.3, 0.4) is 0 Å². The van der Waals surface area contributed by atoms with Crippen molar-refractivity contribution in [3.05, 3.63) is 48.0 Å². The molecule has 2 aromatic carbocycles. The molecule has 0 atom stereocenters. The summed E-state index contributed by atoms with van der Waals surface area (Å²) in [6, 6.07) is 15.4. The second-order valence-corrected chi connectivity index (χ2v) is 6.50. The Balaban J connectivity index is 0.000000941. The molecule has 0 unspecified atom stereocenters. The van der Waals surface area contributed by atoms with Crippen LogP contribution in [0.2, 0.25) is 0 Å². The minimum absolute atomic E-state index is 0.250. The van der Waals surface area contributed by atoms with Gasteiger partial charge in [0, 0.05) is 42.2 Å². The van der Waals surface area contributed by atoms with E-state index < -0.39 is 0 Å². The van der Waals surface area contributed by atoms with Gasteiger partial charge in [0.1, 0.15) is 11.8 Å². The molecule has 7 heteroatoms. The second kappa shape index (κ2) is 11.1. The largest absolute Gasteiger partial charge is 0.493 e. The van der Waals surface area contributed by atoms with Crippen molar-refractivity contribution in [3.63, 3.8) is 0 Å². The summed E-state index contributed by atoms with van der Waals surface area (Å²) in [6.45, 7) is 2.48. The highest BCUT2D eigenvalue weighted by Gasteiger charge is 2.17. The molecular formula is C22H24ClN3O3. The number of fused-ring (bicyclic) bond motifs is 1. The van der Waals surface area contributed by atoms with Gasteiger partial charge < -0.3 is 19.7 Å². The Morgan fingerprint density at radius 2 is 2.07 bits per heavy atom. The first-order valence-corrected chi connectivity index (χ1v) is 9.77. The predicted molar refractivity (Wildman–Crippen MR) is 116 cm³/mol. The molecule has 29 heavy (non-hydrogen) atoms. The van der Waals surface area contributed by atoms with Crippen LogP contribution in [0.1, 0.15) is 18.9 Å². The number of halogens is 1. The fourth-order valence-corrected chi connectivity index (χ4v) is 3.14. The summed E-state index contributed by atoms with van der Waals surface area (Å²) >= 11 is 5.69. The van der Waals surface area contributed by atoms with Crippen molar-refractivity contribution < 1.29 is 14.6 Å². The summed E-state index contributed by atoms with van der Waals surface area (Å²) in [7, 11) is 1.92. The topological polar surface area (TPSA) is 87.3 Å². The molecule has 2 N–H and O–H groups in total. The number of aliphatic hydroxyl groups is 1. The van der Waals surface area contributed by atoms with Gasteiger partial charge in [0.15, 0.2) is 0 Å². The SMILES string of the molecule is CCO.Cn1c(-c2cccc(NC=O)c2)c(C#N)c2ccc(OCCCCl)cc21. The van der Waals surface area contributed by atoms with Crippen molar-refractivity contribution in [1.82, 2.24) is 4.57 Å². The van der Waals surface area contributed by atoms with E-state index in [1.165, 1.54) is 0 Å². The highest BCUT2D eigenvalue weighted by atomic mass is 35.5. The van der Waals surface area contributed by atoms with E-state index >= 15 is 0 Å². The minimum atomic E-state index is 0.250. The molecule has 0 aliphatic heterocycles. The molecule has 0 aliphatic carbocycles. The number of aryl methyl sites for hydroxylation is 1. The van der Waals surface area contributed by atoms with Crippen molar-refractivity contribution in [2.45, 2.75) is 13.3 Å². The van der Waals surface area contributed by atoms with Gasteiger partial charge in [-0.05, 0) is 37.6 Å². The zero-order chi connectivity index (χ0) is 21.2. The Kier molecular flexibility index (Phi) is 8.53. The van der Waals surface area contributed by atoms with Crippen molar-refractivity contribution >= 4 is 34.6 Å². The first kappa shape index (κ1) is 22.3. The number of nitriles is 1. The third-order valence-corrected chi connectivity index (χ3v) is 4.46. The normalized spacial score (nSPS) is 10.0. The number of nitrogens with one attached hydrogen (secondary N) is 1. The van der Waals surface area contributed by atoms with Gasteiger partial charge >= 0.3 is 0 Å². The Labute approximate surface area is 175 Å². The molecule has 1 amide bonds. The molecule has 0 saturated heterocycles. The molecule has 1 aromatic heterocycles. The quantitative estimate of drug-likeness (QED) is 0.343. The monoisotopic (exact) mass is 413 g/mol. The maximum Gasteiger partial charge on any atom is 0.211 e. The zero-order valence-corrected chi connectivity index (χ0v) is 17.2.